The third kappa shape index (κ3) is 4.79. The summed E-state index contributed by atoms with van der Waals surface area (Å²) in [5.74, 6) is 0.869. The molecule has 0 radical (unpaired) electrons. The molecule has 6 nitrogen and oxygen atoms in total. The largest absolute Gasteiger partial charge is 0.456 e. The number of halogens is 4. The zero-order chi connectivity index (χ0) is 22.7. The van der Waals surface area contributed by atoms with Crippen LogP contribution < -0.4 is 15.8 Å². The van der Waals surface area contributed by atoms with Gasteiger partial charge < -0.3 is 20.4 Å². The van der Waals surface area contributed by atoms with Crippen LogP contribution >= 0.6 is 11.6 Å². The van der Waals surface area contributed by atoms with E-state index in [2.05, 4.69) is 15.3 Å². The molecule has 2 aromatic carbocycles. The maximum absolute atomic E-state index is 12.9. The first-order chi connectivity index (χ1) is 15.3. The number of anilines is 2. The molecule has 0 amide bonds. The minimum absolute atomic E-state index is 0.0395. The number of fused-ring (bicyclic) bond motifs is 1. The summed E-state index contributed by atoms with van der Waals surface area (Å²) < 4.78 is 46.4. The zero-order valence-electron chi connectivity index (χ0n) is 16.7. The summed E-state index contributed by atoms with van der Waals surface area (Å²) >= 11 is 6.33. The molecule has 4 aromatic rings. The average molecular weight is 462 g/mol. The molecule has 2 aromatic heterocycles. The monoisotopic (exact) mass is 461 g/mol. The normalized spacial score (nSPS) is 11.7. The first-order valence-corrected chi connectivity index (χ1v) is 10.1. The van der Waals surface area contributed by atoms with Gasteiger partial charge in [-0.25, -0.2) is 9.97 Å². The summed E-state index contributed by atoms with van der Waals surface area (Å²) in [6.07, 6.45) is -0.253. The highest BCUT2D eigenvalue weighted by atomic mass is 35.5. The van der Waals surface area contributed by atoms with Crippen LogP contribution in [-0.4, -0.2) is 21.1 Å². The highest BCUT2D eigenvalue weighted by Crippen LogP contribution is 2.36. The van der Waals surface area contributed by atoms with Crippen LogP contribution in [0.2, 0.25) is 5.02 Å². The molecule has 166 valence electrons. The lowest BCUT2D eigenvalue weighted by Gasteiger charge is -2.13. The molecule has 2 heterocycles. The van der Waals surface area contributed by atoms with Crippen molar-refractivity contribution in [2.24, 2.45) is 5.73 Å². The second-order valence-electron chi connectivity index (χ2n) is 7.01. The second kappa shape index (κ2) is 9.05. The van der Waals surface area contributed by atoms with Crippen LogP contribution in [0.25, 0.3) is 11.0 Å². The van der Waals surface area contributed by atoms with Crippen molar-refractivity contribution in [1.82, 2.24) is 14.5 Å². The highest BCUT2D eigenvalue weighted by Gasteiger charge is 2.30. The smallest absolute Gasteiger partial charge is 0.416 e. The van der Waals surface area contributed by atoms with Crippen LogP contribution in [-0.2, 0) is 12.7 Å². The van der Waals surface area contributed by atoms with Gasteiger partial charge in [0, 0.05) is 18.4 Å². The van der Waals surface area contributed by atoms with Gasteiger partial charge in [-0.3, -0.25) is 0 Å². The molecule has 0 spiro atoms. The Labute approximate surface area is 186 Å². The molecule has 0 atom stereocenters. The molecule has 32 heavy (non-hydrogen) atoms. The number of alkyl halides is 3. The minimum Gasteiger partial charge on any atom is -0.456 e. The Kier molecular flexibility index (Phi) is 6.20. The van der Waals surface area contributed by atoms with Crippen molar-refractivity contribution >= 4 is 34.1 Å². The van der Waals surface area contributed by atoms with Crippen LogP contribution in [0.15, 0.2) is 61.1 Å². The predicted molar refractivity (Wildman–Crippen MR) is 117 cm³/mol. The number of aryl methyl sites for hydroxylation is 1. The van der Waals surface area contributed by atoms with Gasteiger partial charge in [-0.1, -0.05) is 17.7 Å². The molecule has 4 rings (SSSR count). The van der Waals surface area contributed by atoms with E-state index in [1.165, 1.54) is 18.5 Å². The molecule has 0 aliphatic carbocycles. The van der Waals surface area contributed by atoms with E-state index in [1.807, 2.05) is 16.8 Å². The molecule has 3 N–H and O–H groups in total. The van der Waals surface area contributed by atoms with Gasteiger partial charge in [0.1, 0.15) is 23.3 Å². The number of ether oxygens (including phenoxy) is 1. The SMILES string of the molecule is NCCCn1ccc2ncnc(Nc3ccc(Oc4cccc(C(F)(F)F)c4)c(Cl)c3)c21. The van der Waals surface area contributed by atoms with Gasteiger partial charge in [0.15, 0.2) is 5.82 Å². The summed E-state index contributed by atoms with van der Waals surface area (Å²) in [6.45, 7) is 1.30. The molecule has 0 bridgehead atoms. The van der Waals surface area contributed by atoms with Crippen molar-refractivity contribution in [2.75, 3.05) is 11.9 Å². The molecular formula is C22H19ClF3N5O. The number of rotatable bonds is 7. The fraction of sp³-hybridized carbons (Fsp3) is 0.182. The topological polar surface area (TPSA) is 78.0 Å². The minimum atomic E-state index is -4.46. The fourth-order valence-corrected chi connectivity index (χ4v) is 3.45. The lowest BCUT2D eigenvalue weighted by atomic mass is 10.2. The Bertz CT molecular complexity index is 1240. The van der Waals surface area contributed by atoms with Crippen LogP contribution in [0, 0.1) is 0 Å². The fourth-order valence-electron chi connectivity index (χ4n) is 3.23. The number of nitrogens with one attached hydrogen (secondary N) is 1. The highest BCUT2D eigenvalue weighted by molar-refractivity contribution is 6.32. The Morgan fingerprint density at radius 1 is 1.09 bits per heavy atom. The standard InChI is InChI=1S/C22H19ClF3N5O/c23-17-12-15(5-6-19(17)32-16-4-1-3-14(11-16)22(24,25)26)30-21-20-18(28-13-29-21)7-10-31(20)9-2-8-27/h1,3-7,10-13H,2,8-9,27H2,(H,28,29,30). The third-order valence-electron chi connectivity index (χ3n) is 4.74. The maximum atomic E-state index is 12.9. The summed E-state index contributed by atoms with van der Waals surface area (Å²) in [5.41, 5.74) is 7.09. The van der Waals surface area contributed by atoms with E-state index in [-0.39, 0.29) is 16.5 Å². The van der Waals surface area contributed by atoms with Gasteiger partial charge >= 0.3 is 6.18 Å². The van der Waals surface area contributed by atoms with Crippen LogP contribution in [0.3, 0.4) is 0 Å². The third-order valence-corrected chi connectivity index (χ3v) is 5.03. The summed E-state index contributed by atoms with van der Waals surface area (Å²) in [6, 6.07) is 11.4. The van der Waals surface area contributed by atoms with E-state index in [0.717, 1.165) is 36.1 Å². The second-order valence-corrected chi connectivity index (χ2v) is 7.41. The molecule has 0 unspecified atom stereocenters. The quantitative estimate of drug-likeness (QED) is 0.353. The number of nitrogens with zero attached hydrogens (tertiary/aromatic N) is 3. The van der Waals surface area contributed by atoms with Crippen LogP contribution in [0.4, 0.5) is 24.7 Å². The van der Waals surface area contributed by atoms with E-state index in [1.54, 1.807) is 18.2 Å². The molecule has 0 aliphatic heterocycles. The van der Waals surface area contributed by atoms with Gasteiger partial charge in [-0.05, 0) is 55.4 Å². The number of aromatic nitrogens is 3. The number of hydrogen-bond donors (Lipinski definition) is 2. The molecule has 0 aliphatic rings. The Balaban J connectivity index is 1.57. The van der Waals surface area contributed by atoms with E-state index in [0.29, 0.717) is 18.1 Å². The van der Waals surface area contributed by atoms with Gasteiger partial charge in [0.2, 0.25) is 0 Å². The first kappa shape index (κ1) is 21.9. The van der Waals surface area contributed by atoms with Crippen molar-refractivity contribution < 1.29 is 17.9 Å². The molecule has 0 saturated carbocycles. The summed E-state index contributed by atoms with van der Waals surface area (Å²) in [7, 11) is 0. The lowest BCUT2D eigenvalue weighted by molar-refractivity contribution is -0.137. The van der Waals surface area contributed by atoms with Crippen molar-refractivity contribution in [1.29, 1.82) is 0 Å². The number of hydrogen-bond acceptors (Lipinski definition) is 5. The first-order valence-electron chi connectivity index (χ1n) is 9.77. The molecule has 0 fully saturated rings. The van der Waals surface area contributed by atoms with Gasteiger partial charge in [-0.2, -0.15) is 13.2 Å². The van der Waals surface area contributed by atoms with E-state index in [9.17, 15) is 13.2 Å². The maximum Gasteiger partial charge on any atom is 0.416 e. The van der Waals surface area contributed by atoms with E-state index < -0.39 is 11.7 Å². The van der Waals surface area contributed by atoms with Crippen LogP contribution in [0.5, 0.6) is 11.5 Å². The number of benzene rings is 2. The molecule has 0 saturated heterocycles. The zero-order valence-corrected chi connectivity index (χ0v) is 17.5. The van der Waals surface area contributed by atoms with Gasteiger partial charge in [0.05, 0.1) is 16.1 Å². The predicted octanol–water partition coefficient (Wildman–Crippen LogP) is 5.99. The number of nitrogens with two attached hydrogens (primary N) is 1. The van der Waals surface area contributed by atoms with E-state index >= 15 is 0 Å². The van der Waals surface area contributed by atoms with Crippen LogP contribution in [0.1, 0.15) is 12.0 Å². The molecule has 10 heteroatoms. The van der Waals surface area contributed by atoms with Crippen molar-refractivity contribution in [3.8, 4) is 11.5 Å². The van der Waals surface area contributed by atoms with E-state index in [4.69, 9.17) is 22.1 Å². The van der Waals surface area contributed by atoms with Crippen molar-refractivity contribution in [3.05, 3.63) is 71.6 Å². The Morgan fingerprint density at radius 2 is 1.94 bits per heavy atom. The van der Waals surface area contributed by atoms with Crippen molar-refractivity contribution in [2.45, 2.75) is 19.1 Å². The lowest BCUT2D eigenvalue weighted by Crippen LogP contribution is -2.06. The molecular weight excluding hydrogens is 443 g/mol. The Hall–Kier alpha value is -3.30. The summed E-state index contributed by atoms with van der Waals surface area (Å²) in [4.78, 5) is 8.63. The van der Waals surface area contributed by atoms with Gasteiger partial charge in [-0.15, -0.1) is 0 Å². The van der Waals surface area contributed by atoms with Crippen molar-refractivity contribution in [3.63, 3.8) is 0 Å². The average Bonchev–Trinajstić information content (AvgIpc) is 3.18. The Morgan fingerprint density at radius 3 is 2.69 bits per heavy atom. The van der Waals surface area contributed by atoms with Gasteiger partial charge in [0.25, 0.3) is 0 Å². The summed E-state index contributed by atoms with van der Waals surface area (Å²) in [5, 5.41) is 3.45.